The molecule has 8 heteroatoms. The molecule has 0 spiro atoms. The predicted octanol–water partition coefficient (Wildman–Crippen LogP) is 2.17. The van der Waals surface area contributed by atoms with Crippen LogP contribution >= 0.6 is 0 Å². The average Bonchev–Trinajstić information content (AvgIpc) is 3.29. The summed E-state index contributed by atoms with van der Waals surface area (Å²) in [5.41, 5.74) is 1.98. The normalized spacial score (nSPS) is 11.4. The number of para-hydroxylation sites is 2. The van der Waals surface area contributed by atoms with E-state index in [-0.39, 0.29) is 17.7 Å². The van der Waals surface area contributed by atoms with Gasteiger partial charge in [0.05, 0.1) is 18.6 Å². The Bertz CT molecular complexity index is 1290. The maximum absolute atomic E-state index is 12.8. The van der Waals surface area contributed by atoms with Crippen LogP contribution in [-0.2, 0) is 6.54 Å². The van der Waals surface area contributed by atoms with Gasteiger partial charge in [0.15, 0.2) is 5.82 Å². The summed E-state index contributed by atoms with van der Waals surface area (Å²) < 4.78 is 8.74. The second-order valence-electron chi connectivity index (χ2n) is 5.80. The molecular formula is C18H12N6O2. The summed E-state index contributed by atoms with van der Waals surface area (Å²) in [5, 5.41) is 12.6. The highest BCUT2D eigenvalue weighted by Crippen LogP contribution is 2.24. The van der Waals surface area contributed by atoms with E-state index in [1.165, 1.54) is 10.9 Å². The molecule has 0 saturated heterocycles. The van der Waals surface area contributed by atoms with Crippen LogP contribution in [0.3, 0.4) is 0 Å². The summed E-state index contributed by atoms with van der Waals surface area (Å²) in [4.78, 5) is 17.2. The zero-order valence-corrected chi connectivity index (χ0v) is 13.5. The largest absolute Gasteiger partial charge is 0.448 e. The van der Waals surface area contributed by atoms with E-state index in [2.05, 4.69) is 20.5 Å². The van der Waals surface area contributed by atoms with Gasteiger partial charge in [0.2, 0.25) is 5.58 Å². The molecule has 0 saturated carbocycles. The van der Waals surface area contributed by atoms with Crippen LogP contribution in [0.25, 0.3) is 27.8 Å². The summed E-state index contributed by atoms with van der Waals surface area (Å²) in [6.07, 6.45) is 1.50. The first-order valence-electron chi connectivity index (χ1n) is 8.00. The number of aromatic nitrogens is 6. The Morgan fingerprint density at radius 2 is 1.81 bits per heavy atom. The number of nitrogens with zero attached hydrogens (tertiary/aromatic N) is 6. The fourth-order valence-electron chi connectivity index (χ4n) is 2.95. The molecule has 2 aromatic carbocycles. The lowest BCUT2D eigenvalue weighted by Crippen LogP contribution is -2.22. The van der Waals surface area contributed by atoms with Gasteiger partial charge in [-0.25, -0.2) is 4.98 Å². The summed E-state index contributed by atoms with van der Waals surface area (Å²) in [6, 6.07) is 16.9. The van der Waals surface area contributed by atoms with Crippen molar-refractivity contribution < 1.29 is 4.42 Å². The number of hydrogen-bond acceptors (Lipinski definition) is 6. The van der Waals surface area contributed by atoms with E-state index < -0.39 is 0 Å². The Hall–Kier alpha value is -3.81. The molecule has 0 amide bonds. The predicted molar refractivity (Wildman–Crippen MR) is 94.0 cm³/mol. The highest BCUT2D eigenvalue weighted by molar-refractivity contribution is 6.01. The summed E-state index contributed by atoms with van der Waals surface area (Å²) in [7, 11) is 0. The van der Waals surface area contributed by atoms with Crippen molar-refractivity contribution in [3.63, 3.8) is 0 Å². The van der Waals surface area contributed by atoms with Gasteiger partial charge >= 0.3 is 0 Å². The zero-order chi connectivity index (χ0) is 17.5. The standard InChI is InChI=1S/C18H12N6O2/c25-18-17-16(13-8-4-5-9-14(13)26-17)19-11-23(18)10-15-20-21-22-24(15)12-6-2-1-3-7-12/h1-9,11H,10H2. The van der Waals surface area contributed by atoms with Gasteiger partial charge in [0.1, 0.15) is 11.1 Å². The molecule has 5 rings (SSSR count). The van der Waals surface area contributed by atoms with Gasteiger partial charge in [0.25, 0.3) is 5.56 Å². The minimum absolute atomic E-state index is 0.181. The summed E-state index contributed by atoms with van der Waals surface area (Å²) in [6.45, 7) is 0.181. The van der Waals surface area contributed by atoms with Crippen LogP contribution in [0.1, 0.15) is 5.82 Å². The maximum Gasteiger partial charge on any atom is 0.297 e. The SMILES string of the molecule is O=c1c2oc3ccccc3c2ncn1Cc1nnnn1-c1ccccc1. The number of furan rings is 1. The number of rotatable bonds is 3. The molecule has 26 heavy (non-hydrogen) atoms. The van der Waals surface area contributed by atoms with Crippen LogP contribution in [0, 0.1) is 0 Å². The first-order valence-corrected chi connectivity index (χ1v) is 8.00. The third-order valence-corrected chi connectivity index (χ3v) is 4.20. The minimum Gasteiger partial charge on any atom is -0.448 e. The van der Waals surface area contributed by atoms with E-state index >= 15 is 0 Å². The third-order valence-electron chi connectivity index (χ3n) is 4.20. The number of hydrogen-bond donors (Lipinski definition) is 0. The topological polar surface area (TPSA) is 91.6 Å². The van der Waals surface area contributed by atoms with Crippen LogP contribution in [-0.4, -0.2) is 29.8 Å². The van der Waals surface area contributed by atoms with E-state index in [1.54, 1.807) is 4.68 Å². The zero-order valence-electron chi connectivity index (χ0n) is 13.5. The van der Waals surface area contributed by atoms with Crippen molar-refractivity contribution in [2.45, 2.75) is 6.54 Å². The Morgan fingerprint density at radius 3 is 2.69 bits per heavy atom. The molecule has 0 atom stereocenters. The lowest BCUT2D eigenvalue weighted by atomic mass is 10.2. The van der Waals surface area contributed by atoms with Crippen molar-refractivity contribution in [2.75, 3.05) is 0 Å². The van der Waals surface area contributed by atoms with Gasteiger partial charge in [-0.3, -0.25) is 9.36 Å². The van der Waals surface area contributed by atoms with E-state index in [1.807, 2.05) is 54.6 Å². The first kappa shape index (κ1) is 14.5. The fraction of sp³-hybridized carbons (Fsp3) is 0.0556. The molecule has 0 bridgehead atoms. The average molecular weight is 344 g/mol. The molecule has 0 aliphatic carbocycles. The van der Waals surface area contributed by atoms with Gasteiger partial charge in [-0.2, -0.15) is 4.68 Å². The Kier molecular flexibility index (Phi) is 3.14. The Balaban J connectivity index is 1.61. The highest BCUT2D eigenvalue weighted by Gasteiger charge is 2.15. The molecule has 0 radical (unpaired) electrons. The number of fused-ring (bicyclic) bond motifs is 3. The van der Waals surface area contributed by atoms with Crippen LogP contribution in [0.2, 0.25) is 0 Å². The maximum atomic E-state index is 12.8. The van der Waals surface area contributed by atoms with Crippen molar-refractivity contribution in [3.05, 3.63) is 77.1 Å². The van der Waals surface area contributed by atoms with E-state index in [9.17, 15) is 4.79 Å². The lowest BCUT2D eigenvalue weighted by Gasteiger charge is -2.06. The molecule has 0 fully saturated rings. The van der Waals surface area contributed by atoms with E-state index in [0.29, 0.717) is 16.9 Å². The molecule has 0 aliphatic rings. The van der Waals surface area contributed by atoms with E-state index in [0.717, 1.165) is 11.1 Å². The minimum atomic E-state index is -0.270. The van der Waals surface area contributed by atoms with Crippen molar-refractivity contribution in [1.82, 2.24) is 29.8 Å². The van der Waals surface area contributed by atoms with Gasteiger partial charge in [-0.05, 0) is 34.7 Å². The monoisotopic (exact) mass is 344 g/mol. The second kappa shape index (κ2) is 5.62. The van der Waals surface area contributed by atoms with Gasteiger partial charge in [0, 0.05) is 5.39 Å². The summed E-state index contributed by atoms with van der Waals surface area (Å²) >= 11 is 0. The molecule has 0 unspecified atom stereocenters. The Morgan fingerprint density at radius 1 is 1.00 bits per heavy atom. The van der Waals surface area contributed by atoms with Gasteiger partial charge in [-0.15, -0.1) is 5.10 Å². The smallest absolute Gasteiger partial charge is 0.297 e. The molecule has 3 aromatic heterocycles. The molecule has 126 valence electrons. The van der Waals surface area contributed by atoms with Gasteiger partial charge < -0.3 is 4.42 Å². The molecule has 0 N–H and O–H groups in total. The molecular weight excluding hydrogens is 332 g/mol. The van der Waals surface area contributed by atoms with Crippen LogP contribution in [0.5, 0.6) is 0 Å². The number of benzene rings is 2. The summed E-state index contributed by atoms with van der Waals surface area (Å²) in [5.74, 6) is 0.524. The lowest BCUT2D eigenvalue weighted by molar-refractivity contribution is 0.629. The van der Waals surface area contributed by atoms with Crippen LogP contribution < -0.4 is 5.56 Å². The molecule has 5 aromatic rings. The second-order valence-corrected chi connectivity index (χ2v) is 5.80. The van der Waals surface area contributed by atoms with Crippen LogP contribution in [0.15, 0.2) is 70.1 Å². The van der Waals surface area contributed by atoms with Gasteiger partial charge in [-0.1, -0.05) is 30.3 Å². The van der Waals surface area contributed by atoms with Crippen LogP contribution in [0.4, 0.5) is 0 Å². The third kappa shape index (κ3) is 2.20. The van der Waals surface area contributed by atoms with E-state index in [4.69, 9.17) is 4.42 Å². The van der Waals surface area contributed by atoms with Crippen molar-refractivity contribution in [2.24, 2.45) is 0 Å². The van der Waals surface area contributed by atoms with Crippen molar-refractivity contribution in [1.29, 1.82) is 0 Å². The van der Waals surface area contributed by atoms with Crippen molar-refractivity contribution in [3.8, 4) is 5.69 Å². The molecule has 3 heterocycles. The molecule has 8 nitrogen and oxygen atoms in total. The van der Waals surface area contributed by atoms with Crippen molar-refractivity contribution >= 4 is 22.1 Å². The first-order chi connectivity index (χ1) is 12.8. The number of tetrazole rings is 1. The fourth-order valence-corrected chi connectivity index (χ4v) is 2.95. The molecule has 0 aliphatic heterocycles. The quantitative estimate of drug-likeness (QED) is 0.498. The highest BCUT2D eigenvalue weighted by atomic mass is 16.3. The Labute approximate surface area is 146 Å².